The van der Waals surface area contributed by atoms with Gasteiger partial charge in [-0.15, -0.1) is 0 Å². The van der Waals surface area contributed by atoms with Gasteiger partial charge in [-0.1, -0.05) is 11.6 Å². The average Bonchev–Trinajstić information content (AvgIpc) is 2.58. The first-order valence-electron chi connectivity index (χ1n) is 4.34. The van der Waals surface area contributed by atoms with Crippen molar-refractivity contribution in [3.8, 4) is 5.69 Å². The molecule has 1 heterocycles. The highest BCUT2D eigenvalue weighted by Crippen LogP contribution is 2.25. The second-order valence-corrected chi connectivity index (χ2v) is 4.59. The van der Waals surface area contributed by atoms with Gasteiger partial charge >= 0.3 is 0 Å². The van der Waals surface area contributed by atoms with Crippen LogP contribution in [0, 0.1) is 6.92 Å². The predicted molar refractivity (Wildman–Crippen MR) is 65.4 cm³/mol. The number of nitrogens with two attached hydrogens (primary N) is 1. The monoisotopic (exact) mass is 285 g/mol. The van der Waals surface area contributed by atoms with Crippen LogP contribution in [-0.2, 0) is 0 Å². The minimum Gasteiger partial charge on any atom is -0.398 e. The van der Waals surface area contributed by atoms with E-state index in [0.717, 1.165) is 15.7 Å². The molecule has 0 aliphatic carbocycles. The zero-order chi connectivity index (χ0) is 11.0. The number of benzene rings is 1. The third-order valence-electron chi connectivity index (χ3n) is 2.11. The van der Waals surface area contributed by atoms with Gasteiger partial charge in [0.25, 0.3) is 0 Å². The van der Waals surface area contributed by atoms with Gasteiger partial charge in [0, 0.05) is 6.20 Å². The SMILES string of the molecule is Cc1cc(N)c(Cl)cc1-n1cc(Br)cn1. The van der Waals surface area contributed by atoms with Crippen LogP contribution >= 0.6 is 27.5 Å². The van der Waals surface area contributed by atoms with Gasteiger partial charge in [-0.3, -0.25) is 0 Å². The molecule has 15 heavy (non-hydrogen) atoms. The maximum absolute atomic E-state index is 5.96. The Bertz CT molecular complexity index is 507. The van der Waals surface area contributed by atoms with E-state index in [2.05, 4.69) is 21.0 Å². The van der Waals surface area contributed by atoms with Crippen LogP contribution in [0.3, 0.4) is 0 Å². The summed E-state index contributed by atoms with van der Waals surface area (Å²) in [6.07, 6.45) is 3.60. The molecule has 78 valence electrons. The van der Waals surface area contributed by atoms with Crippen LogP contribution in [0.15, 0.2) is 29.0 Å². The fourth-order valence-electron chi connectivity index (χ4n) is 1.37. The summed E-state index contributed by atoms with van der Waals surface area (Å²) in [5, 5.41) is 4.73. The first-order valence-corrected chi connectivity index (χ1v) is 5.51. The second-order valence-electron chi connectivity index (χ2n) is 3.26. The Morgan fingerprint density at radius 3 is 2.80 bits per heavy atom. The van der Waals surface area contributed by atoms with Crippen molar-refractivity contribution in [2.45, 2.75) is 6.92 Å². The summed E-state index contributed by atoms with van der Waals surface area (Å²) in [7, 11) is 0. The Hall–Kier alpha value is -1.00. The molecule has 3 nitrogen and oxygen atoms in total. The van der Waals surface area contributed by atoms with Crippen LogP contribution in [0.1, 0.15) is 5.56 Å². The molecular formula is C10H9BrClN3. The van der Waals surface area contributed by atoms with Gasteiger partial charge in [0.15, 0.2) is 0 Å². The number of hydrogen-bond acceptors (Lipinski definition) is 2. The molecule has 2 rings (SSSR count). The Morgan fingerprint density at radius 2 is 2.20 bits per heavy atom. The quantitative estimate of drug-likeness (QED) is 0.818. The molecule has 0 aliphatic rings. The maximum atomic E-state index is 5.96. The molecular weight excluding hydrogens is 277 g/mol. The fraction of sp³-hybridized carbons (Fsp3) is 0.100. The largest absolute Gasteiger partial charge is 0.398 e. The van der Waals surface area contributed by atoms with E-state index in [1.807, 2.05) is 25.3 Å². The van der Waals surface area contributed by atoms with Gasteiger partial charge in [-0.05, 0) is 40.5 Å². The number of anilines is 1. The van der Waals surface area contributed by atoms with E-state index in [0.29, 0.717) is 10.7 Å². The molecule has 0 spiro atoms. The summed E-state index contributed by atoms with van der Waals surface area (Å²) in [6, 6.07) is 3.65. The number of nitrogen functional groups attached to an aromatic ring is 1. The van der Waals surface area contributed by atoms with Crippen molar-refractivity contribution in [2.24, 2.45) is 0 Å². The lowest BCUT2D eigenvalue weighted by atomic mass is 10.2. The second kappa shape index (κ2) is 3.87. The zero-order valence-electron chi connectivity index (χ0n) is 8.04. The molecule has 0 unspecified atom stereocenters. The average molecular weight is 287 g/mol. The minimum atomic E-state index is 0.544. The Balaban J connectivity index is 2.58. The minimum absolute atomic E-state index is 0.544. The van der Waals surface area contributed by atoms with Crippen molar-refractivity contribution in [1.82, 2.24) is 9.78 Å². The van der Waals surface area contributed by atoms with Crippen molar-refractivity contribution in [2.75, 3.05) is 5.73 Å². The molecule has 0 fully saturated rings. The molecule has 2 aromatic rings. The van der Waals surface area contributed by atoms with Gasteiger partial charge < -0.3 is 5.73 Å². The maximum Gasteiger partial charge on any atom is 0.0691 e. The summed E-state index contributed by atoms with van der Waals surface area (Å²) in [6.45, 7) is 1.97. The molecule has 5 heteroatoms. The van der Waals surface area contributed by atoms with Crippen LogP contribution in [0.5, 0.6) is 0 Å². The molecule has 0 aliphatic heterocycles. The number of nitrogens with zero attached hydrogens (tertiary/aromatic N) is 2. The number of aryl methyl sites for hydroxylation is 1. The van der Waals surface area contributed by atoms with Crippen molar-refractivity contribution in [3.63, 3.8) is 0 Å². The van der Waals surface area contributed by atoms with Gasteiger partial charge in [0.1, 0.15) is 0 Å². The highest BCUT2D eigenvalue weighted by atomic mass is 79.9. The molecule has 0 saturated heterocycles. The molecule has 0 amide bonds. The summed E-state index contributed by atoms with van der Waals surface area (Å²) in [5.41, 5.74) is 8.25. The fourth-order valence-corrected chi connectivity index (χ4v) is 1.82. The molecule has 0 atom stereocenters. The summed E-state index contributed by atoms with van der Waals surface area (Å²) >= 11 is 9.31. The Morgan fingerprint density at radius 1 is 1.47 bits per heavy atom. The zero-order valence-corrected chi connectivity index (χ0v) is 10.4. The van der Waals surface area contributed by atoms with Gasteiger partial charge in [0.05, 0.1) is 27.1 Å². The third kappa shape index (κ3) is 2.01. The smallest absolute Gasteiger partial charge is 0.0691 e. The summed E-state index contributed by atoms with van der Waals surface area (Å²) in [5.74, 6) is 0. The van der Waals surface area contributed by atoms with Crippen molar-refractivity contribution >= 4 is 33.2 Å². The first kappa shape index (κ1) is 10.5. The number of halogens is 2. The van der Waals surface area contributed by atoms with E-state index >= 15 is 0 Å². The van der Waals surface area contributed by atoms with E-state index in [1.54, 1.807) is 10.9 Å². The normalized spacial score (nSPS) is 10.6. The lowest BCUT2D eigenvalue weighted by Gasteiger charge is -2.08. The molecule has 0 bridgehead atoms. The molecule has 1 aromatic heterocycles. The van der Waals surface area contributed by atoms with Crippen molar-refractivity contribution in [3.05, 3.63) is 39.6 Å². The Labute approximate surface area is 101 Å². The highest BCUT2D eigenvalue weighted by Gasteiger charge is 2.06. The third-order valence-corrected chi connectivity index (χ3v) is 2.85. The number of hydrogen-bond donors (Lipinski definition) is 1. The lowest BCUT2D eigenvalue weighted by Crippen LogP contribution is -1.99. The van der Waals surface area contributed by atoms with E-state index in [1.165, 1.54) is 0 Å². The highest BCUT2D eigenvalue weighted by molar-refractivity contribution is 9.10. The van der Waals surface area contributed by atoms with E-state index in [9.17, 15) is 0 Å². The molecule has 0 radical (unpaired) electrons. The van der Waals surface area contributed by atoms with Crippen LogP contribution < -0.4 is 5.73 Å². The predicted octanol–water partition coefficient (Wildman–Crippen LogP) is 3.18. The summed E-state index contributed by atoms with van der Waals surface area (Å²) in [4.78, 5) is 0. The van der Waals surface area contributed by atoms with Crippen LogP contribution in [0.25, 0.3) is 5.69 Å². The standard InChI is InChI=1S/C10H9BrClN3/c1-6-2-9(13)8(12)3-10(6)15-5-7(11)4-14-15/h2-5H,13H2,1H3. The topological polar surface area (TPSA) is 43.8 Å². The van der Waals surface area contributed by atoms with E-state index < -0.39 is 0 Å². The Kier molecular flexibility index (Phi) is 2.71. The summed E-state index contributed by atoms with van der Waals surface area (Å²) < 4.78 is 2.68. The van der Waals surface area contributed by atoms with Crippen molar-refractivity contribution < 1.29 is 0 Å². The number of aromatic nitrogens is 2. The first-order chi connectivity index (χ1) is 7.08. The van der Waals surface area contributed by atoms with E-state index in [4.69, 9.17) is 17.3 Å². The van der Waals surface area contributed by atoms with Crippen LogP contribution in [0.2, 0.25) is 5.02 Å². The van der Waals surface area contributed by atoms with Gasteiger partial charge in [-0.25, -0.2) is 4.68 Å². The van der Waals surface area contributed by atoms with Crippen LogP contribution in [-0.4, -0.2) is 9.78 Å². The molecule has 0 saturated carbocycles. The molecule has 1 aromatic carbocycles. The van der Waals surface area contributed by atoms with Gasteiger partial charge in [0.2, 0.25) is 0 Å². The lowest BCUT2D eigenvalue weighted by molar-refractivity contribution is 0.873. The van der Waals surface area contributed by atoms with Crippen LogP contribution in [0.4, 0.5) is 5.69 Å². The van der Waals surface area contributed by atoms with Crippen molar-refractivity contribution in [1.29, 1.82) is 0 Å². The number of rotatable bonds is 1. The van der Waals surface area contributed by atoms with Gasteiger partial charge in [-0.2, -0.15) is 5.10 Å². The molecule has 2 N–H and O–H groups in total. The van der Waals surface area contributed by atoms with E-state index in [-0.39, 0.29) is 0 Å².